The predicted molar refractivity (Wildman–Crippen MR) is 59.2 cm³/mol. The van der Waals surface area contributed by atoms with Crippen molar-refractivity contribution in [3.8, 4) is 0 Å². The van der Waals surface area contributed by atoms with Crippen LogP contribution in [-0.2, 0) is 0 Å². The van der Waals surface area contributed by atoms with Gasteiger partial charge in [-0.05, 0) is 32.4 Å². The lowest BCUT2D eigenvalue weighted by Gasteiger charge is -2.39. The number of aliphatic hydroxyl groups excluding tert-OH is 1. The Morgan fingerprint density at radius 2 is 2.21 bits per heavy atom. The third kappa shape index (κ3) is 3.56. The SMILES string of the molecule is CCCCCN1CCCC(N)(CO)C1. The number of nitrogens with zero attached hydrogens (tertiary/aromatic N) is 1. The minimum absolute atomic E-state index is 0.122. The van der Waals surface area contributed by atoms with Crippen LogP contribution in [0.1, 0.15) is 39.0 Å². The van der Waals surface area contributed by atoms with Gasteiger partial charge in [0.05, 0.1) is 12.1 Å². The second-order valence-electron chi connectivity index (χ2n) is 4.61. The summed E-state index contributed by atoms with van der Waals surface area (Å²) in [4.78, 5) is 2.40. The molecule has 0 spiro atoms. The number of likely N-dealkylation sites (tertiary alicyclic amines) is 1. The van der Waals surface area contributed by atoms with E-state index in [0.29, 0.717) is 0 Å². The van der Waals surface area contributed by atoms with E-state index >= 15 is 0 Å². The Hall–Kier alpha value is -0.120. The first-order chi connectivity index (χ1) is 6.70. The van der Waals surface area contributed by atoms with Gasteiger partial charge in [-0.15, -0.1) is 0 Å². The minimum atomic E-state index is -0.329. The lowest BCUT2D eigenvalue weighted by Crippen LogP contribution is -2.56. The van der Waals surface area contributed by atoms with Gasteiger partial charge in [-0.1, -0.05) is 19.8 Å². The van der Waals surface area contributed by atoms with Gasteiger partial charge in [0.25, 0.3) is 0 Å². The van der Waals surface area contributed by atoms with E-state index < -0.39 is 0 Å². The summed E-state index contributed by atoms with van der Waals surface area (Å²) in [5, 5.41) is 9.19. The Bertz CT molecular complexity index is 163. The first-order valence-corrected chi connectivity index (χ1v) is 5.82. The third-order valence-electron chi connectivity index (χ3n) is 3.08. The fourth-order valence-electron chi connectivity index (χ4n) is 2.16. The van der Waals surface area contributed by atoms with E-state index in [9.17, 15) is 5.11 Å². The Kier molecular flexibility index (Phi) is 4.85. The number of aliphatic hydroxyl groups is 1. The Labute approximate surface area is 87.3 Å². The minimum Gasteiger partial charge on any atom is -0.394 e. The summed E-state index contributed by atoms with van der Waals surface area (Å²) >= 11 is 0. The summed E-state index contributed by atoms with van der Waals surface area (Å²) in [6, 6.07) is 0. The standard InChI is InChI=1S/C11H24N2O/c1-2-3-4-7-13-8-5-6-11(12,9-13)10-14/h14H,2-10,12H2,1H3. The highest BCUT2D eigenvalue weighted by molar-refractivity contribution is 4.90. The van der Waals surface area contributed by atoms with Gasteiger partial charge in [-0.2, -0.15) is 0 Å². The highest BCUT2D eigenvalue weighted by Crippen LogP contribution is 2.18. The van der Waals surface area contributed by atoms with E-state index in [1.807, 2.05) is 0 Å². The van der Waals surface area contributed by atoms with Crippen LogP contribution in [0, 0.1) is 0 Å². The lowest BCUT2D eigenvalue weighted by atomic mass is 9.91. The lowest BCUT2D eigenvalue weighted by molar-refractivity contribution is 0.0933. The summed E-state index contributed by atoms with van der Waals surface area (Å²) in [5.41, 5.74) is 5.73. The summed E-state index contributed by atoms with van der Waals surface area (Å²) < 4.78 is 0. The van der Waals surface area contributed by atoms with Crippen LogP contribution in [0.3, 0.4) is 0 Å². The molecule has 1 unspecified atom stereocenters. The van der Waals surface area contributed by atoms with Gasteiger partial charge in [-0.25, -0.2) is 0 Å². The van der Waals surface area contributed by atoms with Crippen molar-refractivity contribution >= 4 is 0 Å². The maximum Gasteiger partial charge on any atom is 0.0623 e. The van der Waals surface area contributed by atoms with Crippen LogP contribution in [0.2, 0.25) is 0 Å². The van der Waals surface area contributed by atoms with E-state index in [2.05, 4.69) is 11.8 Å². The highest BCUT2D eigenvalue weighted by atomic mass is 16.3. The molecule has 1 rings (SSSR count). The van der Waals surface area contributed by atoms with E-state index in [4.69, 9.17) is 5.73 Å². The van der Waals surface area contributed by atoms with Crippen molar-refractivity contribution in [2.75, 3.05) is 26.2 Å². The van der Waals surface area contributed by atoms with Crippen molar-refractivity contribution in [1.29, 1.82) is 0 Å². The van der Waals surface area contributed by atoms with Gasteiger partial charge < -0.3 is 15.7 Å². The quantitative estimate of drug-likeness (QED) is 0.650. The van der Waals surface area contributed by atoms with E-state index in [1.54, 1.807) is 0 Å². The Balaban J connectivity index is 2.25. The van der Waals surface area contributed by atoms with Crippen molar-refractivity contribution in [2.45, 2.75) is 44.6 Å². The molecule has 0 aromatic carbocycles. The zero-order valence-electron chi connectivity index (χ0n) is 9.34. The number of piperidine rings is 1. The van der Waals surface area contributed by atoms with Crippen LogP contribution < -0.4 is 5.73 Å². The van der Waals surface area contributed by atoms with Crippen molar-refractivity contribution in [1.82, 2.24) is 4.90 Å². The van der Waals surface area contributed by atoms with Crippen LogP contribution in [0.4, 0.5) is 0 Å². The van der Waals surface area contributed by atoms with Gasteiger partial charge in [0.1, 0.15) is 0 Å². The van der Waals surface area contributed by atoms with Gasteiger partial charge in [-0.3, -0.25) is 0 Å². The zero-order valence-corrected chi connectivity index (χ0v) is 9.34. The molecule has 84 valence electrons. The fraction of sp³-hybridized carbons (Fsp3) is 1.00. The zero-order chi connectivity index (χ0) is 10.4. The average Bonchev–Trinajstić information content (AvgIpc) is 2.19. The Morgan fingerprint density at radius 3 is 2.86 bits per heavy atom. The molecule has 1 fully saturated rings. The monoisotopic (exact) mass is 200 g/mol. The number of unbranched alkanes of at least 4 members (excludes halogenated alkanes) is 2. The number of nitrogens with two attached hydrogens (primary N) is 1. The molecule has 0 bridgehead atoms. The van der Waals surface area contributed by atoms with Crippen molar-refractivity contribution in [2.24, 2.45) is 5.73 Å². The molecule has 3 N–H and O–H groups in total. The third-order valence-corrected chi connectivity index (χ3v) is 3.08. The van der Waals surface area contributed by atoms with Gasteiger partial charge in [0, 0.05) is 6.54 Å². The normalized spacial score (nSPS) is 29.4. The molecule has 1 atom stereocenters. The molecule has 0 radical (unpaired) electrons. The molecule has 1 saturated heterocycles. The molecular formula is C11H24N2O. The molecule has 1 heterocycles. The van der Waals surface area contributed by atoms with Gasteiger partial charge in [0.2, 0.25) is 0 Å². The molecule has 0 amide bonds. The molecule has 3 heteroatoms. The fourth-order valence-corrected chi connectivity index (χ4v) is 2.16. The van der Waals surface area contributed by atoms with E-state index in [0.717, 1.165) is 32.5 Å². The highest BCUT2D eigenvalue weighted by Gasteiger charge is 2.30. The molecule has 0 aromatic heterocycles. The largest absolute Gasteiger partial charge is 0.394 e. The predicted octanol–water partition coefficient (Wildman–Crippen LogP) is 0.962. The number of hydrogen-bond donors (Lipinski definition) is 2. The number of rotatable bonds is 5. The van der Waals surface area contributed by atoms with Gasteiger partial charge in [0.15, 0.2) is 0 Å². The summed E-state index contributed by atoms with van der Waals surface area (Å²) in [6.07, 6.45) is 5.92. The van der Waals surface area contributed by atoms with Crippen LogP contribution in [-0.4, -0.2) is 41.8 Å². The molecule has 0 saturated carbocycles. The van der Waals surface area contributed by atoms with Crippen LogP contribution >= 0.6 is 0 Å². The van der Waals surface area contributed by atoms with Crippen LogP contribution in [0.25, 0.3) is 0 Å². The molecule has 0 aromatic rings. The van der Waals surface area contributed by atoms with Crippen LogP contribution in [0.5, 0.6) is 0 Å². The first kappa shape index (κ1) is 12.0. The maximum absolute atomic E-state index is 9.19. The second kappa shape index (κ2) is 5.69. The maximum atomic E-state index is 9.19. The Morgan fingerprint density at radius 1 is 1.43 bits per heavy atom. The second-order valence-corrected chi connectivity index (χ2v) is 4.61. The topological polar surface area (TPSA) is 49.5 Å². The smallest absolute Gasteiger partial charge is 0.0623 e. The first-order valence-electron chi connectivity index (χ1n) is 5.82. The summed E-state index contributed by atoms with van der Waals surface area (Å²) in [7, 11) is 0. The van der Waals surface area contributed by atoms with Gasteiger partial charge >= 0.3 is 0 Å². The molecular weight excluding hydrogens is 176 g/mol. The molecule has 14 heavy (non-hydrogen) atoms. The molecule has 3 nitrogen and oxygen atoms in total. The molecule has 1 aliphatic heterocycles. The van der Waals surface area contributed by atoms with Crippen LogP contribution in [0.15, 0.2) is 0 Å². The average molecular weight is 200 g/mol. The molecule has 1 aliphatic rings. The van der Waals surface area contributed by atoms with Crippen molar-refractivity contribution < 1.29 is 5.11 Å². The summed E-state index contributed by atoms with van der Waals surface area (Å²) in [6.45, 7) is 5.51. The molecule has 0 aliphatic carbocycles. The summed E-state index contributed by atoms with van der Waals surface area (Å²) in [5.74, 6) is 0. The van der Waals surface area contributed by atoms with Crippen molar-refractivity contribution in [3.05, 3.63) is 0 Å². The van der Waals surface area contributed by atoms with E-state index in [1.165, 1.54) is 19.3 Å². The number of hydrogen-bond acceptors (Lipinski definition) is 3. The van der Waals surface area contributed by atoms with Crippen molar-refractivity contribution in [3.63, 3.8) is 0 Å². The van der Waals surface area contributed by atoms with E-state index in [-0.39, 0.29) is 12.1 Å².